The van der Waals surface area contributed by atoms with Crippen LogP contribution in [-0.4, -0.2) is 35.0 Å². The van der Waals surface area contributed by atoms with E-state index >= 15 is 0 Å². The summed E-state index contributed by atoms with van der Waals surface area (Å²) < 4.78 is 13.8. The molecule has 2 amide bonds. The van der Waals surface area contributed by atoms with Crippen molar-refractivity contribution in [3.63, 3.8) is 0 Å². The van der Waals surface area contributed by atoms with E-state index in [0.717, 1.165) is 12.8 Å². The Balaban J connectivity index is 2.07. The van der Waals surface area contributed by atoms with Crippen molar-refractivity contribution >= 4 is 17.8 Å². The van der Waals surface area contributed by atoms with Gasteiger partial charge in [-0.1, -0.05) is 31.0 Å². The maximum atomic E-state index is 13.8. The van der Waals surface area contributed by atoms with Crippen molar-refractivity contribution in [1.29, 1.82) is 0 Å². The van der Waals surface area contributed by atoms with Gasteiger partial charge in [0.2, 0.25) is 11.8 Å². The molecule has 0 aromatic heterocycles. The molecule has 1 fully saturated rings. The van der Waals surface area contributed by atoms with Crippen LogP contribution in [0, 0.1) is 11.7 Å². The highest BCUT2D eigenvalue weighted by molar-refractivity contribution is 5.90. The Morgan fingerprint density at radius 3 is 2.42 bits per heavy atom. The topological polar surface area (TPSA) is 95.5 Å². The van der Waals surface area contributed by atoms with E-state index in [4.69, 9.17) is 0 Å². The largest absolute Gasteiger partial charge is 0.480 e. The van der Waals surface area contributed by atoms with Gasteiger partial charge >= 0.3 is 5.97 Å². The Kier molecular flexibility index (Phi) is 5.89. The Morgan fingerprint density at radius 2 is 1.88 bits per heavy atom. The third-order valence-corrected chi connectivity index (χ3v) is 3.96. The van der Waals surface area contributed by atoms with Crippen LogP contribution in [0.15, 0.2) is 24.3 Å². The lowest BCUT2D eigenvalue weighted by atomic mass is 10.0. The lowest BCUT2D eigenvalue weighted by molar-refractivity contribution is -0.142. The van der Waals surface area contributed by atoms with Crippen LogP contribution in [0.3, 0.4) is 0 Å². The first-order valence-electron chi connectivity index (χ1n) is 7.90. The molecular formula is C17H21FN2O4. The first kappa shape index (κ1) is 17.9. The molecule has 1 saturated carbocycles. The molecule has 3 N–H and O–H groups in total. The normalized spacial score (nSPS) is 16.1. The SMILES string of the molecule is CC(=O)N[C@H](Cc1ccccc1F)C(=O)N[C@H](CC1CC1)C(=O)O. The summed E-state index contributed by atoms with van der Waals surface area (Å²) in [6.07, 6.45) is 2.25. The van der Waals surface area contributed by atoms with Crippen LogP contribution in [0.4, 0.5) is 4.39 Å². The molecule has 2 rings (SSSR count). The fraction of sp³-hybridized carbons (Fsp3) is 0.471. The molecule has 0 aliphatic heterocycles. The second kappa shape index (κ2) is 7.90. The van der Waals surface area contributed by atoms with E-state index < -0.39 is 35.7 Å². The standard InChI is InChI=1S/C17H21FN2O4/c1-10(21)19-14(9-12-4-2-3-5-13(12)18)16(22)20-15(17(23)24)8-11-6-7-11/h2-5,11,14-15H,6-9H2,1H3,(H,19,21)(H,20,22)(H,23,24)/t14-,15-/m1/s1. The average Bonchev–Trinajstić information content (AvgIpc) is 3.31. The number of carboxylic acids is 1. The van der Waals surface area contributed by atoms with Crippen LogP contribution in [-0.2, 0) is 20.8 Å². The van der Waals surface area contributed by atoms with Crippen molar-refractivity contribution in [2.45, 2.75) is 44.7 Å². The highest BCUT2D eigenvalue weighted by Crippen LogP contribution is 2.33. The number of amides is 2. The summed E-state index contributed by atoms with van der Waals surface area (Å²) in [6.45, 7) is 1.25. The number of carbonyl (C=O) groups is 3. The van der Waals surface area contributed by atoms with E-state index in [-0.39, 0.29) is 12.0 Å². The third kappa shape index (κ3) is 5.33. The van der Waals surface area contributed by atoms with Gasteiger partial charge in [-0.2, -0.15) is 0 Å². The zero-order valence-electron chi connectivity index (χ0n) is 13.4. The van der Waals surface area contributed by atoms with E-state index in [0.29, 0.717) is 12.3 Å². The summed E-state index contributed by atoms with van der Waals surface area (Å²) in [6, 6.07) is 3.93. The molecule has 1 aromatic rings. The predicted octanol–water partition coefficient (Wildman–Crippen LogP) is 1.24. The van der Waals surface area contributed by atoms with Gasteiger partial charge < -0.3 is 15.7 Å². The molecule has 130 valence electrons. The number of benzene rings is 1. The molecule has 1 aliphatic carbocycles. The van der Waals surface area contributed by atoms with Crippen molar-refractivity contribution in [2.24, 2.45) is 5.92 Å². The second-order valence-electron chi connectivity index (χ2n) is 6.13. The Labute approximate surface area is 139 Å². The summed E-state index contributed by atoms with van der Waals surface area (Å²) in [5.74, 6) is -2.34. The van der Waals surface area contributed by atoms with Crippen molar-refractivity contribution in [1.82, 2.24) is 10.6 Å². The van der Waals surface area contributed by atoms with E-state index in [2.05, 4.69) is 10.6 Å². The van der Waals surface area contributed by atoms with Crippen molar-refractivity contribution in [2.75, 3.05) is 0 Å². The van der Waals surface area contributed by atoms with Gasteiger partial charge in [-0.15, -0.1) is 0 Å². The predicted molar refractivity (Wildman–Crippen MR) is 84.6 cm³/mol. The first-order valence-corrected chi connectivity index (χ1v) is 7.90. The number of rotatable bonds is 8. The van der Waals surface area contributed by atoms with E-state index in [1.807, 2.05) is 0 Å². The van der Waals surface area contributed by atoms with Crippen LogP contribution in [0.25, 0.3) is 0 Å². The van der Waals surface area contributed by atoms with Crippen LogP contribution < -0.4 is 10.6 Å². The Morgan fingerprint density at radius 1 is 1.21 bits per heavy atom. The fourth-order valence-electron chi connectivity index (χ4n) is 2.52. The number of halogens is 1. The third-order valence-electron chi connectivity index (χ3n) is 3.96. The van der Waals surface area contributed by atoms with E-state index in [9.17, 15) is 23.9 Å². The van der Waals surface area contributed by atoms with Gasteiger partial charge in [0.15, 0.2) is 0 Å². The molecule has 0 heterocycles. The molecular weight excluding hydrogens is 315 g/mol. The maximum absolute atomic E-state index is 13.8. The molecule has 24 heavy (non-hydrogen) atoms. The van der Waals surface area contributed by atoms with E-state index in [1.165, 1.54) is 25.1 Å². The zero-order chi connectivity index (χ0) is 17.7. The summed E-state index contributed by atoms with van der Waals surface area (Å²) in [4.78, 5) is 35.0. The van der Waals surface area contributed by atoms with Crippen molar-refractivity contribution in [3.05, 3.63) is 35.6 Å². The smallest absolute Gasteiger partial charge is 0.326 e. The minimum absolute atomic E-state index is 0.0478. The number of carbonyl (C=O) groups excluding carboxylic acids is 2. The maximum Gasteiger partial charge on any atom is 0.326 e. The molecule has 0 bridgehead atoms. The molecule has 0 radical (unpaired) electrons. The molecule has 2 atom stereocenters. The molecule has 0 spiro atoms. The molecule has 7 heteroatoms. The molecule has 6 nitrogen and oxygen atoms in total. The van der Waals surface area contributed by atoms with Crippen LogP contribution in [0.2, 0.25) is 0 Å². The zero-order valence-corrected chi connectivity index (χ0v) is 13.4. The summed E-state index contributed by atoms with van der Waals surface area (Å²) in [7, 11) is 0. The second-order valence-corrected chi connectivity index (χ2v) is 6.13. The number of carboxylic acid groups (broad SMARTS) is 1. The quantitative estimate of drug-likeness (QED) is 0.666. The number of nitrogens with one attached hydrogen (secondary N) is 2. The van der Waals surface area contributed by atoms with Crippen molar-refractivity contribution in [3.8, 4) is 0 Å². The Hall–Kier alpha value is -2.44. The minimum atomic E-state index is -1.11. The lowest BCUT2D eigenvalue weighted by Crippen LogP contribution is -2.52. The summed E-state index contributed by atoms with van der Waals surface area (Å²) in [5.41, 5.74) is 0.278. The van der Waals surface area contributed by atoms with Gasteiger partial charge in [-0.05, 0) is 24.0 Å². The molecule has 0 saturated heterocycles. The van der Waals surface area contributed by atoms with Gasteiger partial charge in [-0.3, -0.25) is 9.59 Å². The first-order chi connectivity index (χ1) is 11.4. The van der Waals surface area contributed by atoms with Gasteiger partial charge in [0.05, 0.1) is 0 Å². The van der Waals surface area contributed by atoms with Crippen molar-refractivity contribution < 1.29 is 23.9 Å². The fourth-order valence-corrected chi connectivity index (χ4v) is 2.52. The van der Waals surface area contributed by atoms with Gasteiger partial charge in [0.25, 0.3) is 0 Å². The monoisotopic (exact) mass is 336 g/mol. The minimum Gasteiger partial charge on any atom is -0.480 e. The molecule has 1 aliphatic rings. The highest BCUT2D eigenvalue weighted by atomic mass is 19.1. The summed E-state index contributed by atoms with van der Waals surface area (Å²) >= 11 is 0. The number of hydrogen-bond acceptors (Lipinski definition) is 3. The molecule has 1 aromatic carbocycles. The van der Waals surface area contributed by atoms with Gasteiger partial charge in [0, 0.05) is 13.3 Å². The summed E-state index contributed by atoms with van der Waals surface area (Å²) in [5, 5.41) is 14.1. The van der Waals surface area contributed by atoms with Gasteiger partial charge in [-0.25, -0.2) is 9.18 Å². The molecule has 0 unspecified atom stereocenters. The van der Waals surface area contributed by atoms with Gasteiger partial charge in [0.1, 0.15) is 17.9 Å². The van der Waals surface area contributed by atoms with Crippen LogP contribution in [0.1, 0.15) is 31.7 Å². The van der Waals surface area contributed by atoms with E-state index in [1.54, 1.807) is 6.07 Å². The number of aliphatic carboxylic acids is 1. The lowest BCUT2D eigenvalue weighted by Gasteiger charge is -2.21. The highest BCUT2D eigenvalue weighted by Gasteiger charge is 2.32. The number of hydrogen-bond donors (Lipinski definition) is 3. The Bertz CT molecular complexity index is 631. The van der Waals surface area contributed by atoms with Crippen LogP contribution >= 0.6 is 0 Å². The average molecular weight is 336 g/mol. The van der Waals surface area contributed by atoms with Crippen LogP contribution in [0.5, 0.6) is 0 Å².